The van der Waals surface area contributed by atoms with Gasteiger partial charge in [0.25, 0.3) is 5.56 Å². The third kappa shape index (κ3) is 2.60. The van der Waals surface area contributed by atoms with Crippen LogP contribution in [0.3, 0.4) is 0 Å². The molecule has 3 heterocycles. The van der Waals surface area contributed by atoms with Crippen LogP contribution in [-0.2, 0) is 9.53 Å². The van der Waals surface area contributed by atoms with Crippen molar-refractivity contribution >= 4 is 34.5 Å². The highest BCUT2D eigenvalue weighted by Gasteiger charge is 2.32. The van der Waals surface area contributed by atoms with Crippen LogP contribution in [0.5, 0.6) is 0 Å². The van der Waals surface area contributed by atoms with E-state index in [1.807, 2.05) is 24.3 Å². The number of nitrogens with zero attached hydrogens (tertiary/aromatic N) is 2. The quantitative estimate of drug-likeness (QED) is 0.513. The molecule has 0 spiro atoms. The summed E-state index contributed by atoms with van der Waals surface area (Å²) in [5, 5.41) is 2.85. The molecule has 4 aromatic rings. The number of anilines is 1. The van der Waals surface area contributed by atoms with E-state index in [-0.39, 0.29) is 17.9 Å². The van der Waals surface area contributed by atoms with Gasteiger partial charge in [0.15, 0.2) is 0 Å². The molecule has 0 aliphatic carbocycles. The number of amides is 1. The zero-order valence-electron chi connectivity index (χ0n) is 15.4. The van der Waals surface area contributed by atoms with Crippen molar-refractivity contribution in [3.63, 3.8) is 0 Å². The highest BCUT2D eigenvalue weighted by atomic mass is 16.5. The molecule has 0 radical (unpaired) electrons. The third-order valence-electron chi connectivity index (χ3n) is 5.24. The number of carbonyl (C=O) groups excluding carboxylic acids is 2. The molecule has 2 aromatic carbocycles. The summed E-state index contributed by atoms with van der Waals surface area (Å²) < 4.78 is 6.49. The first-order valence-electron chi connectivity index (χ1n) is 9.08. The summed E-state index contributed by atoms with van der Waals surface area (Å²) in [4.78, 5) is 44.4. The number of carbonyl (C=O) groups is 2. The average Bonchev–Trinajstić information content (AvgIpc) is 3.11. The fourth-order valence-electron chi connectivity index (χ4n) is 3.90. The lowest BCUT2D eigenvalue weighted by atomic mass is 9.86. The van der Waals surface area contributed by atoms with Gasteiger partial charge in [0.05, 0.1) is 29.3 Å². The van der Waals surface area contributed by atoms with Gasteiger partial charge >= 0.3 is 5.97 Å². The van der Waals surface area contributed by atoms with Crippen molar-refractivity contribution in [3.8, 4) is 0 Å². The zero-order chi connectivity index (χ0) is 20.1. The number of rotatable bonds is 2. The molecular formula is C21H16N4O4. The fraction of sp³-hybridized carbons (Fsp3) is 0.143. The topological polar surface area (TPSA) is 106 Å². The number of aromatic nitrogens is 3. The number of hydrogen-bond donors (Lipinski definition) is 2. The molecule has 0 saturated heterocycles. The van der Waals surface area contributed by atoms with Gasteiger partial charge in [0.2, 0.25) is 11.7 Å². The zero-order valence-corrected chi connectivity index (χ0v) is 15.4. The van der Waals surface area contributed by atoms with Gasteiger partial charge in [-0.2, -0.15) is 0 Å². The molecule has 1 aliphatic heterocycles. The molecule has 8 heteroatoms. The lowest BCUT2D eigenvalue weighted by molar-refractivity contribution is -0.116. The number of fused-ring (bicyclic) bond motifs is 5. The van der Waals surface area contributed by atoms with E-state index in [0.29, 0.717) is 22.7 Å². The van der Waals surface area contributed by atoms with E-state index in [2.05, 4.69) is 15.3 Å². The Bertz CT molecular complexity index is 1350. The minimum Gasteiger partial charge on any atom is -0.465 e. The Labute approximate surface area is 164 Å². The van der Waals surface area contributed by atoms with E-state index >= 15 is 0 Å². The Morgan fingerprint density at radius 3 is 2.66 bits per heavy atom. The smallest absolute Gasteiger partial charge is 0.337 e. The highest BCUT2D eigenvalue weighted by Crippen LogP contribution is 2.36. The van der Waals surface area contributed by atoms with Gasteiger partial charge in [-0.3, -0.25) is 19.0 Å². The Hall–Kier alpha value is -3.94. The number of para-hydroxylation sites is 2. The van der Waals surface area contributed by atoms with E-state index in [1.54, 1.807) is 28.7 Å². The van der Waals surface area contributed by atoms with Crippen LogP contribution in [0.1, 0.15) is 33.8 Å². The van der Waals surface area contributed by atoms with Crippen LogP contribution in [0.4, 0.5) is 5.82 Å². The highest BCUT2D eigenvalue weighted by molar-refractivity contribution is 5.96. The average molecular weight is 388 g/mol. The number of methoxy groups -OCH3 is 1. The summed E-state index contributed by atoms with van der Waals surface area (Å²) in [5.41, 5.74) is 2.84. The molecular weight excluding hydrogens is 372 g/mol. The molecule has 0 saturated carbocycles. The normalized spacial score (nSPS) is 15.9. The maximum absolute atomic E-state index is 12.9. The van der Waals surface area contributed by atoms with E-state index in [9.17, 15) is 14.4 Å². The Kier molecular flexibility index (Phi) is 3.73. The van der Waals surface area contributed by atoms with Crippen molar-refractivity contribution in [2.45, 2.75) is 12.3 Å². The summed E-state index contributed by atoms with van der Waals surface area (Å²) in [6, 6.07) is 14.2. The van der Waals surface area contributed by atoms with Crippen LogP contribution < -0.4 is 10.9 Å². The number of aromatic amines is 1. The first-order valence-corrected chi connectivity index (χ1v) is 9.08. The molecule has 2 aromatic heterocycles. The predicted octanol–water partition coefficient (Wildman–Crippen LogP) is 2.44. The van der Waals surface area contributed by atoms with Crippen molar-refractivity contribution in [1.29, 1.82) is 0 Å². The maximum atomic E-state index is 12.9. The van der Waals surface area contributed by atoms with Crippen molar-refractivity contribution in [2.75, 3.05) is 12.4 Å². The second-order valence-electron chi connectivity index (χ2n) is 6.89. The second kappa shape index (κ2) is 6.30. The molecule has 1 aliphatic rings. The molecule has 2 N–H and O–H groups in total. The summed E-state index contributed by atoms with van der Waals surface area (Å²) in [7, 11) is 1.32. The van der Waals surface area contributed by atoms with Gasteiger partial charge in [-0.05, 0) is 29.8 Å². The van der Waals surface area contributed by atoms with Crippen LogP contribution in [0, 0.1) is 0 Å². The first kappa shape index (κ1) is 17.2. The van der Waals surface area contributed by atoms with Gasteiger partial charge < -0.3 is 10.1 Å². The van der Waals surface area contributed by atoms with E-state index in [1.165, 1.54) is 7.11 Å². The molecule has 29 heavy (non-hydrogen) atoms. The van der Waals surface area contributed by atoms with Gasteiger partial charge in [0.1, 0.15) is 5.82 Å². The first-order chi connectivity index (χ1) is 14.1. The van der Waals surface area contributed by atoms with Crippen LogP contribution in [0.15, 0.2) is 53.3 Å². The maximum Gasteiger partial charge on any atom is 0.337 e. The van der Waals surface area contributed by atoms with Crippen molar-refractivity contribution in [3.05, 3.63) is 75.6 Å². The lowest BCUT2D eigenvalue weighted by Crippen LogP contribution is -2.32. The van der Waals surface area contributed by atoms with Crippen LogP contribution in [0.25, 0.3) is 16.8 Å². The van der Waals surface area contributed by atoms with Crippen LogP contribution >= 0.6 is 0 Å². The molecule has 1 atom stereocenters. The Balaban J connectivity index is 1.74. The number of nitrogens with one attached hydrogen (secondary N) is 2. The largest absolute Gasteiger partial charge is 0.465 e. The lowest BCUT2D eigenvalue weighted by Gasteiger charge is -2.25. The van der Waals surface area contributed by atoms with Gasteiger partial charge in [-0.25, -0.2) is 9.78 Å². The Morgan fingerprint density at radius 2 is 1.90 bits per heavy atom. The summed E-state index contributed by atoms with van der Waals surface area (Å²) in [5.74, 6) is -0.278. The van der Waals surface area contributed by atoms with Crippen molar-refractivity contribution in [1.82, 2.24) is 14.4 Å². The number of imidazole rings is 1. The molecule has 1 amide bonds. The number of H-pyrrole nitrogens is 1. The summed E-state index contributed by atoms with van der Waals surface area (Å²) in [6.45, 7) is 0. The second-order valence-corrected chi connectivity index (χ2v) is 6.89. The SMILES string of the molecule is COC(=O)c1ccc(C2CC(=O)Nc3c2c(=O)[nH]c2nc4ccccc4n32)cc1. The molecule has 144 valence electrons. The van der Waals surface area contributed by atoms with E-state index in [0.717, 1.165) is 16.6 Å². The fourth-order valence-corrected chi connectivity index (χ4v) is 3.90. The molecule has 5 rings (SSSR count). The number of hydrogen-bond acceptors (Lipinski definition) is 5. The van der Waals surface area contributed by atoms with Crippen LogP contribution in [0.2, 0.25) is 0 Å². The Morgan fingerprint density at radius 1 is 1.14 bits per heavy atom. The van der Waals surface area contributed by atoms with Crippen molar-refractivity contribution < 1.29 is 14.3 Å². The summed E-state index contributed by atoms with van der Waals surface area (Å²) in [6.07, 6.45) is 0.131. The number of esters is 1. The number of ether oxygens (including phenoxy) is 1. The third-order valence-corrected chi connectivity index (χ3v) is 5.24. The van der Waals surface area contributed by atoms with E-state index < -0.39 is 11.9 Å². The molecule has 0 fully saturated rings. The molecule has 1 unspecified atom stereocenters. The van der Waals surface area contributed by atoms with Crippen molar-refractivity contribution in [2.24, 2.45) is 0 Å². The molecule has 0 bridgehead atoms. The summed E-state index contributed by atoms with van der Waals surface area (Å²) >= 11 is 0. The minimum atomic E-state index is -0.445. The minimum absolute atomic E-state index is 0.131. The van der Waals surface area contributed by atoms with Crippen LogP contribution in [-0.4, -0.2) is 33.4 Å². The molecule has 8 nitrogen and oxygen atoms in total. The van der Waals surface area contributed by atoms with Gasteiger partial charge in [-0.15, -0.1) is 0 Å². The van der Waals surface area contributed by atoms with E-state index in [4.69, 9.17) is 4.74 Å². The standard InChI is InChI=1S/C21H16N4O4/c1-29-20(28)12-8-6-11(7-9-12)13-10-16(26)23-18-17(13)19(27)24-21-22-14-4-2-3-5-15(14)25(18)21/h2-9,13H,10H2,1H3,(H,23,26)(H,22,24,27). The predicted molar refractivity (Wildman–Crippen MR) is 106 cm³/mol. The number of benzene rings is 2. The monoisotopic (exact) mass is 388 g/mol. The van der Waals surface area contributed by atoms with Gasteiger partial charge in [-0.1, -0.05) is 24.3 Å². The van der Waals surface area contributed by atoms with Gasteiger partial charge in [0, 0.05) is 12.3 Å².